The molecule has 0 radical (unpaired) electrons. The van der Waals surface area contributed by atoms with E-state index in [1.807, 2.05) is 30.3 Å². The smallest absolute Gasteiger partial charge is 0.181 e. The quantitative estimate of drug-likeness (QED) is 0.167. The fraction of sp³-hybridized carbons (Fsp3) is 0.246. The van der Waals surface area contributed by atoms with Gasteiger partial charge < -0.3 is 13.9 Å². The molecule has 0 aliphatic heterocycles. The molecule has 0 aliphatic carbocycles. The zero-order valence-corrected chi connectivity index (χ0v) is 46.0. The summed E-state index contributed by atoms with van der Waals surface area (Å²) in [7, 11) is 0. The Balaban J connectivity index is 0.00000611. The Kier molecular flexibility index (Phi) is 12.1. The first-order valence-electron chi connectivity index (χ1n) is 25.0. The molecule has 0 spiro atoms. The molecular formula is C65H61N4O3Pt-. The van der Waals surface area contributed by atoms with Crippen LogP contribution in [0.5, 0.6) is 5.75 Å². The Morgan fingerprint density at radius 2 is 1.21 bits per heavy atom. The van der Waals surface area contributed by atoms with Crippen LogP contribution in [0.15, 0.2) is 155 Å². The molecule has 11 rings (SSSR count). The van der Waals surface area contributed by atoms with Gasteiger partial charge in [0.2, 0.25) is 0 Å². The van der Waals surface area contributed by atoms with E-state index in [1.54, 1.807) is 6.33 Å². The number of nitrogens with zero attached hydrogens (tertiary/aromatic N) is 4. The van der Waals surface area contributed by atoms with Gasteiger partial charge in [-0.3, -0.25) is 9.55 Å². The zero-order chi connectivity index (χ0) is 50.6. The van der Waals surface area contributed by atoms with Gasteiger partial charge in [-0.05, 0) is 86.2 Å². The van der Waals surface area contributed by atoms with Crippen LogP contribution in [0.2, 0.25) is 0 Å². The van der Waals surface area contributed by atoms with Crippen molar-refractivity contribution in [3.8, 4) is 67.7 Å². The minimum absolute atomic E-state index is 0. The van der Waals surface area contributed by atoms with Crippen molar-refractivity contribution in [1.29, 1.82) is 0 Å². The molecule has 0 unspecified atom stereocenters. The normalized spacial score (nSPS) is 12.6. The molecular weight excluding hydrogens is 1080 g/mol. The summed E-state index contributed by atoms with van der Waals surface area (Å²) in [6.07, 6.45) is 1.63. The Bertz CT molecular complexity index is 3920. The van der Waals surface area contributed by atoms with E-state index in [0.717, 1.165) is 99.9 Å². The molecule has 73 heavy (non-hydrogen) atoms. The van der Waals surface area contributed by atoms with Crippen LogP contribution >= 0.6 is 0 Å². The topological polar surface area (TPSA) is 90.1 Å². The number of fused-ring (bicyclic) bond motifs is 5. The summed E-state index contributed by atoms with van der Waals surface area (Å²) in [5.74, 6) is 1.61. The first-order valence-corrected chi connectivity index (χ1v) is 25.0. The minimum atomic E-state index is -0.349. The largest absolute Gasteiger partial charge is 0.507 e. The predicted octanol–water partition coefficient (Wildman–Crippen LogP) is 17.5. The van der Waals surface area contributed by atoms with Crippen molar-refractivity contribution in [2.24, 2.45) is 0 Å². The molecule has 4 heterocycles. The third-order valence-electron chi connectivity index (χ3n) is 14.1. The van der Waals surface area contributed by atoms with Gasteiger partial charge in [0.05, 0.1) is 33.2 Å². The maximum atomic E-state index is 12.6. The van der Waals surface area contributed by atoms with Crippen LogP contribution in [-0.2, 0) is 42.7 Å². The number of rotatable bonds is 6. The summed E-state index contributed by atoms with van der Waals surface area (Å²) in [4.78, 5) is 15.4. The third-order valence-corrected chi connectivity index (χ3v) is 14.1. The number of hydrogen-bond donors (Lipinski definition) is 1. The SMILES string of the molecule is CC(C)(C)c1cc(-c2ncnc3cc(-c4cc5oc6ccccc6c5o4)ccc23)[c-]c(-c2cccc3c2nc(-c2cc(C(C)(C)C)cc(C(C)(C)C)c2O)n3-c2ccc(C(C)(C)C)cc2-c2ccccc2)c1.[Pt]. The van der Waals surface area contributed by atoms with Crippen molar-refractivity contribution in [2.75, 3.05) is 0 Å². The van der Waals surface area contributed by atoms with Crippen LogP contribution in [-0.4, -0.2) is 24.6 Å². The van der Waals surface area contributed by atoms with E-state index in [9.17, 15) is 5.11 Å². The van der Waals surface area contributed by atoms with Crippen LogP contribution in [0.25, 0.3) is 106 Å². The first kappa shape index (κ1) is 49.5. The van der Waals surface area contributed by atoms with Crippen molar-refractivity contribution in [3.05, 3.63) is 174 Å². The van der Waals surface area contributed by atoms with Crippen molar-refractivity contribution < 1.29 is 35.0 Å². The predicted molar refractivity (Wildman–Crippen MR) is 296 cm³/mol. The number of aromatic nitrogens is 4. The summed E-state index contributed by atoms with van der Waals surface area (Å²) in [5, 5.41) is 14.5. The average Bonchev–Trinajstić information content (AvgIpc) is 4.04. The van der Waals surface area contributed by atoms with Crippen molar-refractivity contribution in [2.45, 2.75) is 105 Å². The van der Waals surface area contributed by atoms with Gasteiger partial charge in [-0.25, -0.2) is 9.97 Å². The average molecular weight is 1140 g/mol. The molecule has 0 amide bonds. The van der Waals surface area contributed by atoms with Crippen LogP contribution in [0, 0.1) is 6.07 Å². The van der Waals surface area contributed by atoms with Gasteiger partial charge in [0, 0.05) is 49.5 Å². The molecule has 7 aromatic carbocycles. The molecule has 0 aliphatic rings. The summed E-state index contributed by atoms with van der Waals surface area (Å²) < 4.78 is 14.8. The summed E-state index contributed by atoms with van der Waals surface area (Å²) >= 11 is 0. The van der Waals surface area contributed by atoms with Gasteiger partial charge in [0.15, 0.2) is 11.2 Å². The molecule has 0 atom stereocenters. The molecule has 0 saturated heterocycles. The molecule has 1 N–H and O–H groups in total. The summed E-state index contributed by atoms with van der Waals surface area (Å²) in [6, 6.07) is 52.5. The number of furan rings is 2. The van der Waals surface area contributed by atoms with Gasteiger partial charge in [-0.2, -0.15) is 0 Å². The van der Waals surface area contributed by atoms with Gasteiger partial charge in [0.25, 0.3) is 0 Å². The molecule has 4 aromatic heterocycles. The fourth-order valence-electron chi connectivity index (χ4n) is 9.94. The Morgan fingerprint density at radius 3 is 1.93 bits per heavy atom. The molecule has 370 valence electrons. The second kappa shape index (κ2) is 17.8. The van der Waals surface area contributed by atoms with E-state index >= 15 is 0 Å². The monoisotopic (exact) mass is 1140 g/mol. The van der Waals surface area contributed by atoms with Gasteiger partial charge in [0.1, 0.15) is 29.2 Å². The number of phenols is 1. The molecule has 11 aromatic rings. The van der Waals surface area contributed by atoms with Crippen LogP contribution < -0.4 is 0 Å². The molecule has 7 nitrogen and oxygen atoms in total. The second-order valence-corrected chi connectivity index (χ2v) is 23.5. The van der Waals surface area contributed by atoms with Gasteiger partial charge in [-0.1, -0.05) is 173 Å². The Hall–Kier alpha value is -7.08. The van der Waals surface area contributed by atoms with Crippen LogP contribution in [0.1, 0.15) is 105 Å². The van der Waals surface area contributed by atoms with Crippen molar-refractivity contribution >= 4 is 44.1 Å². The third kappa shape index (κ3) is 8.90. The number of para-hydroxylation sites is 2. The van der Waals surface area contributed by atoms with Gasteiger partial charge in [-0.15, -0.1) is 29.3 Å². The number of phenolic OH excluding ortho intramolecular Hbond substituents is 1. The summed E-state index contributed by atoms with van der Waals surface area (Å²) in [5.41, 5.74) is 16.4. The fourth-order valence-corrected chi connectivity index (χ4v) is 9.94. The second-order valence-electron chi connectivity index (χ2n) is 23.5. The Morgan fingerprint density at radius 1 is 0.521 bits per heavy atom. The standard InChI is InChI=1S/C65H61N4O3.Pt/c1-62(2,3)42-26-28-52(48(33-42)38-19-14-13-15-20-38)69-53-23-18-22-45(58(53)68-61(69)49-34-44(64(7,8)9)35-50(59(49)70)65(10,11)12)40-29-41(31-43(30-40)63(4,5)6)57-46-27-25-39(32-51(46)66-37-67-57)55-36-56-60(72-55)47-21-16-17-24-54(47)71-56;/h13-28,30-37,70H,1-12H3;/q-1;. The van der Waals surface area contributed by atoms with Crippen molar-refractivity contribution in [3.63, 3.8) is 0 Å². The molecule has 0 saturated carbocycles. The minimum Gasteiger partial charge on any atom is -0.507 e. The summed E-state index contributed by atoms with van der Waals surface area (Å²) in [6.45, 7) is 26.6. The molecule has 8 heteroatoms. The molecule has 0 bridgehead atoms. The van der Waals surface area contributed by atoms with Crippen molar-refractivity contribution in [1.82, 2.24) is 19.5 Å². The molecule has 0 fully saturated rings. The number of hydrogen-bond acceptors (Lipinski definition) is 6. The van der Waals surface area contributed by atoms with Gasteiger partial charge >= 0.3 is 0 Å². The first-order chi connectivity index (χ1) is 34.1. The number of benzene rings is 7. The van der Waals surface area contributed by atoms with E-state index in [4.69, 9.17) is 23.8 Å². The van der Waals surface area contributed by atoms with E-state index < -0.39 is 0 Å². The maximum Gasteiger partial charge on any atom is 0.181 e. The Labute approximate surface area is 442 Å². The zero-order valence-electron chi connectivity index (χ0n) is 43.7. The van der Waals surface area contributed by atoms with Crippen LogP contribution in [0.4, 0.5) is 0 Å². The van der Waals surface area contributed by atoms with E-state index in [1.165, 1.54) is 5.56 Å². The van der Waals surface area contributed by atoms with E-state index in [0.29, 0.717) is 22.7 Å². The maximum absolute atomic E-state index is 12.6. The van der Waals surface area contributed by atoms with Crippen LogP contribution in [0.3, 0.4) is 0 Å². The van der Waals surface area contributed by atoms with E-state index in [-0.39, 0.29) is 48.5 Å². The number of imidazole rings is 1. The number of aromatic hydroxyl groups is 1. The van der Waals surface area contributed by atoms with E-state index in [2.05, 4.69) is 203 Å².